The molecule has 0 radical (unpaired) electrons. The number of nitrogens with zero attached hydrogens (tertiary/aromatic N) is 2. The van der Waals surface area contributed by atoms with Gasteiger partial charge in [-0.25, -0.2) is 0 Å². The minimum Gasteiger partial charge on any atom is -0.489 e. The Kier molecular flexibility index (Phi) is 8.34. The first kappa shape index (κ1) is 27.7. The minimum atomic E-state index is -0.791. The van der Waals surface area contributed by atoms with Gasteiger partial charge in [0.1, 0.15) is 18.4 Å². The zero-order valence-electron chi connectivity index (χ0n) is 23.8. The number of nitrogens with one attached hydrogen (secondary N) is 1. The van der Waals surface area contributed by atoms with Crippen molar-refractivity contribution in [1.29, 1.82) is 0 Å². The maximum absolute atomic E-state index is 14.1. The number of hydrogen-bond acceptors (Lipinski definition) is 5. The summed E-state index contributed by atoms with van der Waals surface area (Å²) >= 11 is 0. The van der Waals surface area contributed by atoms with Crippen LogP contribution in [0.4, 0.5) is 5.69 Å². The highest BCUT2D eigenvalue weighted by Gasteiger charge is 2.41. The molecule has 2 heterocycles. The van der Waals surface area contributed by atoms with Gasteiger partial charge in [-0.2, -0.15) is 0 Å². The second kappa shape index (κ2) is 12.6. The molecule has 0 unspecified atom stereocenters. The Balaban J connectivity index is 1.33. The van der Waals surface area contributed by atoms with Crippen molar-refractivity contribution in [3.05, 3.63) is 131 Å². The smallest absolute Gasteiger partial charge is 0.247 e. The Bertz CT molecular complexity index is 1460. The SMILES string of the molecule is CN1C(=O)[C@@H](NC(c2ccccc2)(c2ccccc2)c2ccccc2)COc2ccc(C#CCN3CCOCC3)cc21. The van der Waals surface area contributed by atoms with Gasteiger partial charge >= 0.3 is 0 Å². The molecule has 1 fully saturated rings. The third kappa shape index (κ3) is 5.68. The number of fused-ring (bicyclic) bond motifs is 1. The van der Waals surface area contributed by atoms with Gasteiger partial charge in [-0.1, -0.05) is 103 Å². The Labute approximate surface area is 247 Å². The second-order valence-corrected chi connectivity index (χ2v) is 10.6. The first-order chi connectivity index (χ1) is 20.6. The molecule has 42 heavy (non-hydrogen) atoms. The summed E-state index contributed by atoms with van der Waals surface area (Å²) in [6.07, 6.45) is 0. The average Bonchev–Trinajstić information content (AvgIpc) is 3.17. The van der Waals surface area contributed by atoms with E-state index in [1.54, 1.807) is 4.90 Å². The van der Waals surface area contributed by atoms with Crippen LogP contribution in [0.25, 0.3) is 0 Å². The van der Waals surface area contributed by atoms with Crippen LogP contribution in [-0.4, -0.2) is 63.4 Å². The van der Waals surface area contributed by atoms with Crippen LogP contribution in [0.3, 0.4) is 0 Å². The second-order valence-electron chi connectivity index (χ2n) is 10.6. The number of anilines is 1. The molecule has 6 rings (SSSR count). The average molecular weight is 558 g/mol. The summed E-state index contributed by atoms with van der Waals surface area (Å²) in [6.45, 7) is 4.18. The lowest BCUT2D eigenvalue weighted by atomic mass is 9.76. The summed E-state index contributed by atoms with van der Waals surface area (Å²) in [4.78, 5) is 18.1. The Morgan fingerprint density at radius 3 is 1.98 bits per heavy atom. The van der Waals surface area contributed by atoms with Crippen molar-refractivity contribution in [2.24, 2.45) is 0 Å². The standard InChI is InChI=1S/C36H35N3O3/c1-38-33-26-28(12-11-21-39-22-24-41-25-23-39)19-20-34(33)42-27-32(35(38)40)37-36(29-13-5-2-6-14-29,30-15-7-3-8-16-30)31-17-9-4-10-18-31/h2-10,13-20,26,32,37H,21-25,27H2,1H3/t32-/m0/s1. The van der Waals surface area contributed by atoms with E-state index >= 15 is 0 Å². The predicted molar refractivity (Wildman–Crippen MR) is 166 cm³/mol. The number of rotatable bonds is 6. The molecular weight excluding hydrogens is 522 g/mol. The largest absolute Gasteiger partial charge is 0.489 e. The van der Waals surface area contributed by atoms with Gasteiger partial charge in [-0.15, -0.1) is 0 Å². The lowest BCUT2D eigenvalue weighted by molar-refractivity contribution is -0.121. The van der Waals surface area contributed by atoms with Crippen molar-refractivity contribution in [3.63, 3.8) is 0 Å². The van der Waals surface area contributed by atoms with E-state index in [0.717, 1.165) is 48.6 Å². The van der Waals surface area contributed by atoms with E-state index in [1.165, 1.54) is 0 Å². The number of hydrogen-bond donors (Lipinski definition) is 1. The maximum atomic E-state index is 14.1. The van der Waals surface area contributed by atoms with Crippen LogP contribution in [0.5, 0.6) is 5.75 Å². The van der Waals surface area contributed by atoms with E-state index in [-0.39, 0.29) is 12.5 Å². The van der Waals surface area contributed by atoms with Crippen molar-refractivity contribution in [1.82, 2.24) is 10.2 Å². The zero-order valence-corrected chi connectivity index (χ0v) is 23.8. The molecule has 0 spiro atoms. The van der Waals surface area contributed by atoms with E-state index in [0.29, 0.717) is 18.0 Å². The quantitative estimate of drug-likeness (QED) is 0.276. The van der Waals surface area contributed by atoms with Gasteiger partial charge in [0, 0.05) is 25.7 Å². The molecule has 0 aromatic heterocycles. The summed E-state index contributed by atoms with van der Waals surface area (Å²) < 4.78 is 11.7. The van der Waals surface area contributed by atoms with Gasteiger partial charge in [0.15, 0.2) is 0 Å². The predicted octanol–water partition coefficient (Wildman–Crippen LogP) is 4.68. The fourth-order valence-corrected chi connectivity index (χ4v) is 5.77. The summed E-state index contributed by atoms with van der Waals surface area (Å²) in [5.74, 6) is 7.14. The molecule has 1 saturated heterocycles. The molecule has 4 aromatic rings. The van der Waals surface area contributed by atoms with Crippen molar-refractivity contribution in [3.8, 4) is 17.6 Å². The van der Waals surface area contributed by atoms with Crippen LogP contribution in [-0.2, 0) is 15.1 Å². The van der Waals surface area contributed by atoms with Crippen LogP contribution >= 0.6 is 0 Å². The number of amides is 1. The molecule has 1 amide bonds. The summed E-state index contributed by atoms with van der Waals surface area (Å²) in [5.41, 5.74) is 3.89. The zero-order chi connectivity index (χ0) is 28.8. The molecule has 1 atom stereocenters. The van der Waals surface area contributed by atoms with Gasteiger partial charge in [0.25, 0.3) is 0 Å². The number of likely N-dealkylation sites (N-methyl/N-ethyl adjacent to an activating group) is 1. The number of ether oxygens (including phenoxy) is 2. The highest BCUT2D eigenvalue weighted by molar-refractivity contribution is 5.99. The van der Waals surface area contributed by atoms with E-state index in [2.05, 4.69) is 58.5 Å². The van der Waals surface area contributed by atoms with Gasteiger partial charge < -0.3 is 14.4 Å². The van der Waals surface area contributed by atoms with E-state index in [4.69, 9.17) is 9.47 Å². The van der Waals surface area contributed by atoms with Gasteiger partial charge in [-0.3, -0.25) is 15.0 Å². The molecule has 212 valence electrons. The van der Waals surface area contributed by atoms with Gasteiger partial charge in [0.2, 0.25) is 5.91 Å². The molecule has 4 aromatic carbocycles. The molecule has 0 saturated carbocycles. The van der Waals surface area contributed by atoms with E-state index in [1.807, 2.05) is 79.8 Å². The van der Waals surface area contributed by atoms with Gasteiger partial charge in [0.05, 0.1) is 31.0 Å². The lowest BCUT2D eigenvalue weighted by Crippen LogP contribution is -2.56. The van der Waals surface area contributed by atoms with Crippen LogP contribution in [0, 0.1) is 11.8 Å². The molecule has 6 nitrogen and oxygen atoms in total. The van der Waals surface area contributed by atoms with Crippen LogP contribution < -0.4 is 15.0 Å². The minimum absolute atomic E-state index is 0.0701. The Morgan fingerprint density at radius 2 is 1.40 bits per heavy atom. The molecule has 2 aliphatic rings. The molecule has 6 heteroatoms. The monoisotopic (exact) mass is 557 g/mol. The molecular formula is C36H35N3O3. The molecule has 2 aliphatic heterocycles. The lowest BCUT2D eigenvalue weighted by Gasteiger charge is -2.39. The number of benzene rings is 4. The first-order valence-corrected chi connectivity index (χ1v) is 14.4. The maximum Gasteiger partial charge on any atom is 0.247 e. The Hall–Kier alpha value is -4.41. The van der Waals surface area contributed by atoms with Crippen LogP contribution in [0.2, 0.25) is 0 Å². The van der Waals surface area contributed by atoms with Crippen molar-refractivity contribution in [2.45, 2.75) is 11.6 Å². The number of carbonyl (C=O) groups is 1. The highest BCUT2D eigenvalue weighted by atomic mass is 16.5. The van der Waals surface area contributed by atoms with E-state index < -0.39 is 11.6 Å². The highest BCUT2D eigenvalue weighted by Crippen LogP contribution is 2.38. The van der Waals surface area contributed by atoms with Crippen molar-refractivity contribution >= 4 is 11.6 Å². The van der Waals surface area contributed by atoms with Crippen LogP contribution in [0.15, 0.2) is 109 Å². The van der Waals surface area contributed by atoms with Gasteiger partial charge in [-0.05, 0) is 34.9 Å². The fraction of sp³-hybridized carbons (Fsp3) is 0.250. The topological polar surface area (TPSA) is 54.0 Å². The van der Waals surface area contributed by atoms with Crippen molar-refractivity contribution in [2.75, 3.05) is 51.4 Å². The molecule has 0 bridgehead atoms. The molecule has 1 N–H and O–H groups in total. The van der Waals surface area contributed by atoms with Crippen molar-refractivity contribution < 1.29 is 14.3 Å². The van der Waals surface area contributed by atoms with E-state index in [9.17, 15) is 4.79 Å². The number of carbonyl (C=O) groups excluding carboxylic acids is 1. The fourth-order valence-electron chi connectivity index (χ4n) is 5.77. The Morgan fingerprint density at radius 1 is 0.833 bits per heavy atom. The first-order valence-electron chi connectivity index (χ1n) is 14.4. The third-order valence-corrected chi connectivity index (χ3v) is 8.00. The normalized spacial score (nSPS) is 17.4. The third-order valence-electron chi connectivity index (χ3n) is 8.00. The summed E-state index contributed by atoms with van der Waals surface area (Å²) in [5, 5.41) is 3.80. The molecule has 0 aliphatic carbocycles. The summed E-state index contributed by atoms with van der Waals surface area (Å²) in [7, 11) is 1.81. The number of morpholine rings is 1. The summed E-state index contributed by atoms with van der Waals surface area (Å²) in [6, 6.07) is 36.1. The van der Waals surface area contributed by atoms with Crippen LogP contribution in [0.1, 0.15) is 22.3 Å².